The summed E-state index contributed by atoms with van der Waals surface area (Å²) >= 11 is 0. The Morgan fingerprint density at radius 3 is 2.70 bits per heavy atom. The van der Waals surface area contributed by atoms with Crippen LogP contribution in [0.3, 0.4) is 0 Å². The first-order chi connectivity index (χ1) is 11.0. The Balaban J connectivity index is 1.57. The molecule has 2 fully saturated rings. The van der Waals surface area contributed by atoms with E-state index in [2.05, 4.69) is 14.5 Å². The van der Waals surface area contributed by atoms with Crippen molar-refractivity contribution in [2.75, 3.05) is 26.2 Å². The van der Waals surface area contributed by atoms with Crippen molar-refractivity contribution < 1.29 is 9.90 Å². The normalized spacial score (nSPS) is 23.4. The zero-order valence-electron chi connectivity index (χ0n) is 14.2. The van der Waals surface area contributed by atoms with Gasteiger partial charge in [0.15, 0.2) is 0 Å². The first-order valence-corrected chi connectivity index (χ1v) is 8.61. The van der Waals surface area contributed by atoms with Gasteiger partial charge >= 0.3 is 0 Å². The Labute approximate surface area is 138 Å². The summed E-state index contributed by atoms with van der Waals surface area (Å²) in [4.78, 5) is 20.6. The highest BCUT2D eigenvalue weighted by atomic mass is 16.3. The standard InChI is InChI=1S/C17H28N4O2/c1-14(22)10-21-12-17(4-3-16(21)23)5-7-20(8-6-17)11-15-9-18-13-19(15)2/h9,13-14,22H,3-8,10-12H2,1-2H3/t14-/m0/s1. The SMILES string of the molecule is C[C@H](O)CN1CC2(CCC1=O)CCN(Cc1cncn1C)CC2. The van der Waals surface area contributed by atoms with Gasteiger partial charge in [-0.05, 0) is 44.7 Å². The van der Waals surface area contributed by atoms with Crippen LogP contribution in [0.25, 0.3) is 0 Å². The molecule has 23 heavy (non-hydrogen) atoms. The van der Waals surface area contributed by atoms with Crippen molar-refractivity contribution >= 4 is 5.91 Å². The molecule has 6 nitrogen and oxygen atoms in total. The van der Waals surface area contributed by atoms with E-state index < -0.39 is 6.10 Å². The Bertz CT molecular complexity index is 547. The van der Waals surface area contributed by atoms with E-state index in [0.717, 1.165) is 45.4 Å². The number of imidazole rings is 1. The van der Waals surface area contributed by atoms with E-state index in [4.69, 9.17) is 0 Å². The lowest BCUT2D eigenvalue weighted by molar-refractivity contribution is -0.140. The van der Waals surface area contributed by atoms with Crippen molar-refractivity contribution in [2.45, 2.75) is 45.3 Å². The van der Waals surface area contributed by atoms with Crippen LogP contribution in [-0.2, 0) is 18.4 Å². The Hall–Kier alpha value is -1.40. The molecule has 1 spiro atoms. The zero-order valence-corrected chi connectivity index (χ0v) is 14.2. The van der Waals surface area contributed by atoms with Crippen LogP contribution in [0, 0.1) is 5.41 Å². The van der Waals surface area contributed by atoms with Gasteiger partial charge in [0, 0.05) is 39.3 Å². The summed E-state index contributed by atoms with van der Waals surface area (Å²) in [6.45, 7) is 6.13. The van der Waals surface area contributed by atoms with Crippen LogP contribution in [0.5, 0.6) is 0 Å². The number of aliphatic hydroxyl groups excluding tert-OH is 1. The molecule has 2 aliphatic heterocycles. The van der Waals surface area contributed by atoms with Crippen molar-refractivity contribution in [1.29, 1.82) is 0 Å². The van der Waals surface area contributed by atoms with E-state index in [1.54, 1.807) is 6.92 Å². The molecule has 3 heterocycles. The molecule has 3 rings (SSSR count). The second-order valence-electron chi connectivity index (χ2n) is 7.40. The molecule has 1 aromatic rings. The fourth-order valence-electron chi connectivity index (χ4n) is 3.95. The van der Waals surface area contributed by atoms with E-state index in [-0.39, 0.29) is 11.3 Å². The topological polar surface area (TPSA) is 61.6 Å². The van der Waals surface area contributed by atoms with E-state index in [0.29, 0.717) is 13.0 Å². The predicted molar refractivity (Wildman–Crippen MR) is 87.6 cm³/mol. The Morgan fingerprint density at radius 2 is 2.09 bits per heavy atom. The molecule has 1 aromatic heterocycles. The average Bonchev–Trinajstić information content (AvgIpc) is 2.91. The molecule has 2 aliphatic rings. The maximum atomic E-state index is 12.1. The minimum Gasteiger partial charge on any atom is -0.392 e. The number of aliphatic hydroxyl groups is 1. The van der Waals surface area contributed by atoms with Crippen LogP contribution in [-0.4, -0.2) is 62.6 Å². The van der Waals surface area contributed by atoms with Crippen molar-refractivity contribution in [3.8, 4) is 0 Å². The lowest BCUT2D eigenvalue weighted by Crippen LogP contribution is -2.52. The van der Waals surface area contributed by atoms with Gasteiger partial charge in [-0.2, -0.15) is 0 Å². The van der Waals surface area contributed by atoms with Gasteiger partial charge in [0.25, 0.3) is 0 Å². The molecular weight excluding hydrogens is 292 g/mol. The van der Waals surface area contributed by atoms with E-state index in [9.17, 15) is 9.90 Å². The van der Waals surface area contributed by atoms with Crippen LogP contribution >= 0.6 is 0 Å². The molecule has 6 heteroatoms. The third-order valence-corrected chi connectivity index (χ3v) is 5.45. The number of likely N-dealkylation sites (tertiary alicyclic amines) is 2. The maximum Gasteiger partial charge on any atom is 0.222 e. The molecule has 1 atom stereocenters. The third kappa shape index (κ3) is 3.75. The largest absolute Gasteiger partial charge is 0.392 e. The number of amides is 1. The molecule has 0 aromatic carbocycles. The summed E-state index contributed by atoms with van der Waals surface area (Å²) < 4.78 is 2.08. The number of carbonyl (C=O) groups excluding carboxylic acids is 1. The van der Waals surface area contributed by atoms with Crippen LogP contribution in [0.4, 0.5) is 0 Å². The number of aryl methyl sites for hydroxylation is 1. The lowest BCUT2D eigenvalue weighted by Gasteiger charge is -2.47. The van der Waals surface area contributed by atoms with Crippen molar-refractivity contribution in [2.24, 2.45) is 12.5 Å². The maximum absolute atomic E-state index is 12.1. The highest BCUT2D eigenvalue weighted by Crippen LogP contribution is 2.40. The lowest BCUT2D eigenvalue weighted by atomic mass is 9.72. The van der Waals surface area contributed by atoms with Crippen molar-refractivity contribution in [3.05, 3.63) is 18.2 Å². The van der Waals surface area contributed by atoms with Gasteiger partial charge in [-0.25, -0.2) is 4.98 Å². The predicted octanol–water partition coefficient (Wildman–Crippen LogP) is 1.01. The fraction of sp³-hybridized carbons (Fsp3) is 0.765. The summed E-state index contributed by atoms with van der Waals surface area (Å²) in [6.07, 6.45) is 7.24. The average molecular weight is 320 g/mol. The first-order valence-electron chi connectivity index (χ1n) is 8.61. The number of nitrogens with zero attached hydrogens (tertiary/aromatic N) is 4. The highest BCUT2D eigenvalue weighted by Gasteiger charge is 2.41. The van der Waals surface area contributed by atoms with E-state index in [1.165, 1.54) is 5.69 Å². The molecule has 0 bridgehead atoms. The number of carbonyl (C=O) groups is 1. The number of hydrogen-bond donors (Lipinski definition) is 1. The number of hydrogen-bond acceptors (Lipinski definition) is 4. The molecule has 1 amide bonds. The molecule has 2 saturated heterocycles. The van der Waals surface area contributed by atoms with Crippen molar-refractivity contribution in [3.63, 3.8) is 0 Å². The summed E-state index contributed by atoms with van der Waals surface area (Å²) in [5.74, 6) is 0.203. The number of β-amino-alcohol motifs (C(OH)–C–C–N with tert-alkyl or cyclic N) is 1. The quantitative estimate of drug-likeness (QED) is 0.899. The Kier molecular flexibility index (Phi) is 4.73. The summed E-state index contributed by atoms with van der Waals surface area (Å²) in [5, 5.41) is 9.61. The molecule has 1 N–H and O–H groups in total. The summed E-state index contributed by atoms with van der Waals surface area (Å²) in [6, 6.07) is 0. The third-order valence-electron chi connectivity index (χ3n) is 5.45. The second kappa shape index (κ2) is 6.61. The molecule has 128 valence electrons. The summed E-state index contributed by atoms with van der Waals surface area (Å²) in [5.41, 5.74) is 1.50. The zero-order chi connectivity index (χ0) is 16.4. The van der Waals surface area contributed by atoms with Gasteiger partial charge in [-0.15, -0.1) is 0 Å². The van der Waals surface area contributed by atoms with Gasteiger partial charge in [-0.3, -0.25) is 9.69 Å². The molecule has 0 radical (unpaired) electrons. The Morgan fingerprint density at radius 1 is 1.35 bits per heavy atom. The van der Waals surface area contributed by atoms with E-state index in [1.807, 2.05) is 24.5 Å². The van der Waals surface area contributed by atoms with Crippen LogP contribution in [0.2, 0.25) is 0 Å². The van der Waals surface area contributed by atoms with E-state index >= 15 is 0 Å². The number of aromatic nitrogens is 2. The van der Waals surface area contributed by atoms with Crippen LogP contribution < -0.4 is 0 Å². The second-order valence-corrected chi connectivity index (χ2v) is 7.40. The minimum atomic E-state index is -0.445. The fourth-order valence-corrected chi connectivity index (χ4v) is 3.95. The van der Waals surface area contributed by atoms with Gasteiger partial charge in [0.05, 0.1) is 18.1 Å². The number of piperidine rings is 2. The van der Waals surface area contributed by atoms with Gasteiger partial charge in [0.2, 0.25) is 5.91 Å². The van der Waals surface area contributed by atoms with Crippen LogP contribution in [0.1, 0.15) is 38.3 Å². The first kappa shape index (κ1) is 16.5. The smallest absolute Gasteiger partial charge is 0.222 e. The molecule has 0 aliphatic carbocycles. The minimum absolute atomic E-state index is 0.203. The van der Waals surface area contributed by atoms with Gasteiger partial charge in [-0.1, -0.05) is 0 Å². The summed E-state index contributed by atoms with van der Waals surface area (Å²) in [7, 11) is 2.04. The molecule has 0 unspecified atom stereocenters. The van der Waals surface area contributed by atoms with Gasteiger partial charge < -0.3 is 14.6 Å². The highest BCUT2D eigenvalue weighted by molar-refractivity contribution is 5.77. The number of rotatable bonds is 4. The molecular formula is C17H28N4O2. The van der Waals surface area contributed by atoms with Gasteiger partial charge in [0.1, 0.15) is 0 Å². The monoisotopic (exact) mass is 320 g/mol. The van der Waals surface area contributed by atoms with Crippen LogP contribution in [0.15, 0.2) is 12.5 Å². The van der Waals surface area contributed by atoms with Crippen molar-refractivity contribution in [1.82, 2.24) is 19.4 Å². The molecule has 0 saturated carbocycles.